The van der Waals surface area contributed by atoms with Crippen molar-refractivity contribution in [3.8, 4) is 5.75 Å². The van der Waals surface area contributed by atoms with Crippen LogP contribution in [0.25, 0.3) is 10.2 Å². The summed E-state index contributed by atoms with van der Waals surface area (Å²) in [4.78, 5) is 17.5. The molecule has 0 atom stereocenters. The highest BCUT2D eigenvalue weighted by Crippen LogP contribution is 2.35. The summed E-state index contributed by atoms with van der Waals surface area (Å²) < 4.78 is 6.44. The fourth-order valence-corrected chi connectivity index (χ4v) is 3.96. The Morgan fingerprint density at radius 1 is 1.18 bits per heavy atom. The Bertz CT molecular complexity index is 1080. The van der Waals surface area contributed by atoms with Gasteiger partial charge in [-0.15, -0.1) is 0 Å². The van der Waals surface area contributed by atoms with E-state index in [4.69, 9.17) is 4.74 Å². The average Bonchev–Trinajstić information content (AvgIpc) is 3.06. The van der Waals surface area contributed by atoms with Crippen LogP contribution in [0.3, 0.4) is 0 Å². The Morgan fingerprint density at radius 2 is 1.93 bits per heavy atom. The van der Waals surface area contributed by atoms with Gasteiger partial charge in [0.15, 0.2) is 0 Å². The van der Waals surface area contributed by atoms with Crippen molar-refractivity contribution in [2.45, 2.75) is 34.6 Å². The summed E-state index contributed by atoms with van der Waals surface area (Å²) in [5.41, 5.74) is 8.96. The summed E-state index contributed by atoms with van der Waals surface area (Å²) >= 11 is 1.52. The molecule has 2 N–H and O–H groups in total. The predicted molar refractivity (Wildman–Crippen MR) is 117 cm³/mol. The van der Waals surface area contributed by atoms with Crippen LogP contribution in [0.15, 0.2) is 29.4 Å². The Morgan fingerprint density at radius 3 is 2.61 bits per heavy atom. The van der Waals surface area contributed by atoms with E-state index in [0.717, 1.165) is 43.4 Å². The fraction of sp³-hybridized carbons (Fsp3) is 0.286. The molecule has 146 valence electrons. The maximum Gasteiger partial charge on any atom is 0.259 e. The summed E-state index contributed by atoms with van der Waals surface area (Å²) in [5, 5.41) is 8.00. The lowest BCUT2D eigenvalue weighted by Crippen LogP contribution is -2.15. The van der Waals surface area contributed by atoms with Gasteiger partial charge in [0, 0.05) is 11.4 Å². The number of thiazole rings is 1. The number of aromatic nitrogens is 1. The van der Waals surface area contributed by atoms with Crippen LogP contribution in [-0.4, -0.2) is 23.7 Å². The maximum atomic E-state index is 12.9. The smallest absolute Gasteiger partial charge is 0.259 e. The number of hydrazone groups is 1. The van der Waals surface area contributed by atoms with Gasteiger partial charge in [-0.05, 0) is 63.4 Å². The van der Waals surface area contributed by atoms with Gasteiger partial charge in [0.2, 0.25) is 5.13 Å². The number of nitrogens with zero attached hydrogens (tertiary/aromatic N) is 2. The molecule has 1 amide bonds. The number of benzene rings is 2. The highest BCUT2D eigenvalue weighted by atomic mass is 32.1. The zero-order valence-corrected chi connectivity index (χ0v) is 17.7. The minimum Gasteiger partial charge on any atom is -0.496 e. The van der Waals surface area contributed by atoms with Crippen molar-refractivity contribution in [1.82, 2.24) is 4.98 Å². The predicted octanol–water partition coefficient (Wildman–Crippen LogP) is 5.29. The van der Waals surface area contributed by atoms with Crippen LogP contribution < -0.4 is 15.5 Å². The van der Waals surface area contributed by atoms with Crippen LogP contribution >= 0.6 is 11.3 Å². The molecule has 1 aromatic heterocycles. The zero-order chi connectivity index (χ0) is 20.4. The van der Waals surface area contributed by atoms with Crippen LogP contribution in [0.4, 0.5) is 10.8 Å². The van der Waals surface area contributed by atoms with Gasteiger partial charge >= 0.3 is 0 Å². The molecule has 1 heterocycles. The molecule has 0 radical (unpaired) electrons. The molecule has 0 saturated carbocycles. The van der Waals surface area contributed by atoms with Gasteiger partial charge in [0.25, 0.3) is 5.91 Å². The van der Waals surface area contributed by atoms with Crippen molar-refractivity contribution >= 4 is 44.0 Å². The summed E-state index contributed by atoms with van der Waals surface area (Å²) in [6.07, 6.45) is 0. The van der Waals surface area contributed by atoms with Crippen molar-refractivity contribution in [3.05, 3.63) is 46.5 Å². The third-order valence-electron chi connectivity index (χ3n) is 4.39. The summed E-state index contributed by atoms with van der Waals surface area (Å²) in [6.45, 7) is 9.72. The molecule has 0 spiro atoms. The first-order valence-corrected chi connectivity index (χ1v) is 9.76. The SMILES string of the molecule is COc1c(C)cccc1C(=O)Nc1c(C)cc2nc(NN=C(C)C)sc2c1C. The number of hydrogen-bond donors (Lipinski definition) is 2. The molecule has 0 aliphatic heterocycles. The number of ether oxygens (including phenoxy) is 1. The molecule has 0 fully saturated rings. The summed E-state index contributed by atoms with van der Waals surface area (Å²) in [5.74, 6) is 0.397. The summed E-state index contributed by atoms with van der Waals surface area (Å²) in [7, 11) is 1.58. The van der Waals surface area contributed by atoms with Crippen LogP contribution in [0.2, 0.25) is 0 Å². The van der Waals surface area contributed by atoms with Gasteiger partial charge in [-0.25, -0.2) is 4.98 Å². The Hall–Kier alpha value is -2.93. The van der Waals surface area contributed by atoms with Crippen molar-refractivity contribution < 1.29 is 9.53 Å². The molecule has 0 bridgehead atoms. The molecule has 3 rings (SSSR count). The van der Waals surface area contributed by atoms with E-state index in [2.05, 4.69) is 20.8 Å². The van der Waals surface area contributed by atoms with Gasteiger partial charge in [-0.3, -0.25) is 10.2 Å². The number of amides is 1. The number of para-hydroxylation sites is 1. The number of rotatable bonds is 5. The lowest BCUT2D eigenvalue weighted by Gasteiger charge is -2.15. The number of methoxy groups -OCH3 is 1. The quantitative estimate of drug-likeness (QED) is 0.454. The molecule has 7 heteroatoms. The molecule has 28 heavy (non-hydrogen) atoms. The number of anilines is 2. The molecule has 0 aliphatic carbocycles. The lowest BCUT2D eigenvalue weighted by molar-refractivity contribution is 0.102. The molecule has 6 nitrogen and oxygen atoms in total. The van der Waals surface area contributed by atoms with Crippen LogP contribution in [0.1, 0.15) is 40.9 Å². The second-order valence-electron chi connectivity index (χ2n) is 6.84. The van der Waals surface area contributed by atoms with Crippen molar-refractivity contribution in [2.75, 3.05) is 17.9 Å². The molecule has 3 aromatic rings. The first kappa shape index (κ1) is 19.8. The Balaban J connectivity index is 1.98. The third kappa shape index (κ3) is 3.84. The van der Waals surface area contributed by atoms with E-state index in [1.165, 1.54) is 11.3 Å². The Labute approximate surface area is 168 Å². The standard InChI is InChI=1S/C21H24N4O2S/c1-11(2)24-25-21-22-16-10-13(4)17(14(5)19(16)28-21)23-20(26)15-9-7-8-12(3)18(15)27-6/h7-10H,1-6H3,(H,22,25)(H,23,26). The average molecular weight is 397 g/mol. The topological polar surface area (TPSA) is 75.6 Å². The van der Waals surface area contributed by atoms with E-state index in [1.807, 2.05) is 52.8 Å². The van der Waals surface area contributed by atoms with Gasteiger partial charge in [0.1, 0.15) is 5.75 Å². The fourth-order valence-electron chi connectivity index (χ4n) is 3.07. The second kappa shape index (κ2) is 7.98. The second-order valence-corrected chi connectivity index (χ2v) is 7.84. The van der Waals surface area contributed by atoms with Crippen molar-refractivity contribution in [1.29, 1.82) is 0 Å². The maximum absolute atomic E-state index is 12.9. The van der Waals surface area contributed by atoms with Crippen LogP contribution in [-0.2, 0) is 0 Å². The first-order valence-electron chi connectivity index (χ1n) is 8.94. The number of carbonyl (C=O) groups is 1. The Kier molecular flexibility index (Phi) is 5.65. The largest absolute Gasteiger partial charge is 0.496 e. The minimum absolute atomic E-state index is 0.194. The molecular formula is C21H24N4O2S. The number of carbonyl (C=O) groups excluding carboxylic acids is 1. The minimum atomic E-state index is -0.194. The molecular weight excluding hydrogens is 372 g/mol. The van der Waals surface area contributed by atoms with Crippen molar-refractivity contribution in [3.63, 3.8) is 0 Å². The molecule has 2 aromatic carbocycles. The molecule has 0 aliphatic rings. The molecule has 0 saturated heterocycles. The van der Waals surface area contributed by atoms with E-state index in [9.17, 15) is 4.79 Å². The van der Waals surface area contributed by atoms with Gasteiger partial charge < -0.3 is 10.1 Å². The summed E-state index contributed by atoms with van der Waals surface area (Å²) in [6, 6.07) is 7.53. The van der Waals surface area contributed by atoms with E-state index in [1.54, 1.807) is 13.2 Å². The van der Waals surface area contributed by atoms with Gasteiger partial charge in [-0.2, -0.15) is 5.10 Å². The third-order valence-corrected chi connectivity index (χ3v) is 5.49. The monoisotopic (exact) mass is 396 g/mol. The normalized spacial score (nSPS) is 10.6. The number of nitrogens with one attached hydrogen (secondary N) is 2. The van der Waals surface area contributed by atoms with E-state index in [-0.39, 0.29) is 5.91 Å². The highest BCUT2D eigenvalue weighted by Gasteiger charge is 2.18. The zero-order valence-electron chi connectivity index (χ0n) is 16.9. The lowest BCUT2D eigenvalue weighted by atomic mass is 10.1. The van der Waals surface area contributed by atoms with Crippen LogP contribution in [0, 0.1) is 20.8 Å². The number of aryl methyl sites for hydroxylation is 3. The van der Waals surface area contributed by atoms with E-state index < -0.39 is 0 Å². The first-order chi connectivity index (χ1) is 13.3. The van der Waals surface area contributed by atoms with Crippen molar-refractivity contribution in [2.24, 2.45) is 5.10 Å². The number of fused-ring (bicyclic) bond motifs is 1. The van der Waals surface area contributed by atoms with Crippen LogP contribution in [0.5, 0.6) is 5.75 Å². The van der Waals surface area contributed by atoms with Gasteiger partial charge in [0.05, 0.1) is 22.9 Å². The van der Waals surface area contributed by atoms with E-state index >= 15 is 0 Å². The van der Waals surface area contributed by atoms with Gasteiger partial charge in [-0.1, -0.05) is 23.5 Å². The molecule has 0 unspecified atom stereocenters. The number of hydrogen-bond acceptors (Lipinski definition) is 6. The highest BCUT2D eigenvalue weighted by molar-refractivity contribution is 7.22. The van der Waals surface area contributed by atoms with E-state index in [0.29, 0.717) is 11.3 Å².